The van der Waals surface area contributed by atoms with E-state index in [2.05, 4.69) is 15.9 Å². The molecule has 0 aliphatic heterocycles. The van der Waals surface area contributed by atoms with Crippen LogP contribution in [0.15, 0.2) is 65.1 Å². The standard InChI is InChI=1S/C19H19BrO3/c1-2-22-19(21)18(23-17-13-11-16(20)12-14-17)10-6-9-15-7-4-3-5-8-15/h3-9,11-14,18H,2,10H2,1H3. The Morgan fingerprint density at radius 2 is 1.83 bits per heavy atom. The molecular formula is C19H19BrO3. The summed E-state index contributed by atoms with van der Waals surface area (Å²) in [5, 5.41) is 0. The summed E-state index contributed by atoms with van der Waals surface area (Å²) < 4.78 is 11.8. The first-order valence-electron chi connectivity index (χ1n) is 7.49. The quantitative estimate of drug-likeness (QED) is 0.648. The molecule has 0 spiro atoms. The molecule has 3 nitrogen and oxygen atoms in total. The number of halogens is 1. The number of esters is 1. The lowest BCUT2D eigenvalue weighted by Gasteiger charge is -2.16. The molecule has 1 unspecified atom stereocenters. The van der Waals surface area contributed by atoms with Crippen LogP contribution in [0.1, 0.15) is 18.9 Å². The number of hydrogen-bond donors (Lipinski definition) is 0. The number of carbonyl (C=O) groups is 1. The van der Waals surface area contributed by atoms with Crippen LogP contribution in [0.25, 0.3) is 6.08 Å². The van der Waals surface area contributed by atoms with E-state index in [1.807, 2.05) is 66.7 Å². The van der Waals surface area contributed by atoms with Gasteiger partial charge in [-0.2, -0.15) is 0 Å². The monoisotopic (exact) mass is 374 g/mol. The van der Waals surface area contributed by atoms with Gasteiger partial charge in [-0.15, -0.1) is 0 Å². The van der Waals surface area contributed by atoms with Crippen molar-refractivity contribution >= 4 is 28.0 Å². The molecule has 0 aliphatic carbocycles. The molecule has 0 aliphatic rings. The van der Waals surface area contributed by atoms with Crippen LogP contribution in [0.2, 0.25) is 0 Å². The Labute approximate surface area is 145 Å². The average Bonchev–Trinajstić information content (AvgIpc) is 2.57. The van der Waals surface area contributed by atoms with Crippen LogP contribution in [0, 0.1) is 0 Å². The van der Waals surface area contributed by atoms with E-state index in [4.69, 9.17) is 9.47 Å². The Kier molecular flexibility index (Phi) is 6.88. The summed E-state index contributed by atoms with van der Waals surface area (Å²) in [7, 11) is 0. The van der Waals surface area contributed by atoms with Gasteiger partial charge in [-0.1, -0.05) is 58.4 Å². The number of carbonyl (C=O) groups excluding carboxylic acids is 1. The van der Waals surface area contributed by atoms with E-state index < -0.39 is 6.10 Å². The van der Waals surface area contributed by atoms with Crippen molar-refractivity contribution in [1.82, 2.24) is 0 Å². The van der Waals surface area contributed by atoms with Gasteiger partial charge in [-0.25, -0.2) is 4.79 Å². The molecule has 0 radical (unpaired) electrons. The highest BCUT2D eigenvalue weighted by molar-refractivity contribution is 9.10. The molecule has 1 atom stereocenters. The van der Waals surface area contributed by atoms with Gasteiger partial charge in [0.15, 0.2) is 6.10 Å². The first kappa shape index (κ1) is 17.3. The Morgan fingerprint density at radius 3 is 2.48 bits per heavy atom. The maximum atomic E-state index is 12.1. The fourth-order valence-electron chi connectivity index (χ4n) is 2.00. The van der Waals surface area contributed by atoms with Crippen molar-refractivity contribution in [2.24, 2.45) is 0 Å². The highest BCUT2D eigenvalue weighted by Crippen LogP contribution is 2.19. The van der Waals surface area contributed by atoms with E-state index in [1.54, 1.807) is 6.92 Å². The van der Waals surface area contributed by atoms with Gasteiger partial charge in [0.2, 0.25) is 0 Å². The number of benzene rings is 2. The molecule has 0 N–H and O–H groups in total. The van der Waals surface area contributed by atoms with Crippen molar-refractivity contribution in [2.75, 3.05) is 6.61 Å². The van der Waals surface area contributed by atoms with Crippen LogP contribution < -0.4 is 4.74 Å². The molecule has 0 fully saturated rings. The minimum atomic E-state index is -0.656. The average molecular weight is 375 g/mol. The van der Waals surface area contributed by atoms with E-state index in [-0.39, 0.29) is 5.97 Å². The topological polar surface area (TPSA) is 35.5 Å². The molecule has 0 saturated heterocycles. The third-order valence-electron chi connectivity index (χ3n) is 3.10. The molecule has 0 bridgehead atoms. The Balaban J connectivity index is 2.03. The lowest BCUT2D eigenvalue weighted by molar-refractivity contribution is -0.151. The minimum Gasteiger partial charge on any atom is -0.478 e. The third kappa shape index (κ3) is 5.91. The van der Waals surface area contributed by atoms with Crippen molar-refractivity contribution in [3.05, 3.63) is 70.7 Å². The molecule has 0 amide bonds. The molecule has 23 heavy (non-hydrogen) atoms. The summed E-state index contributed by atoms with van der Waals surface area (Å²) in [6.07, 6.45) is 3.69. The zero-order chi connectivity index (χ0) is 16.5. The highest BCUT2D eigenvalue weighted by atomic mass is 79.9. The Hall–Kier alpha value is -2.07. The number of hydrogen-bond acceptors (Lipinski definition) is 3. The Bertz CT molecular complexity index is 635. The lowest BCUT2D eigenvalue weighted by atomic mass is 10.1. The summed E-state index contributed by atoms with van der Waals surface area (Å²) in [5.74, 6) is 0.285. The van der Waals surface area contributed by atoms with Crippen molar-refractivity contribution in [2.45, 2.75) is 19.4 Å². The van der Waals surface area contributed by atoms with Crippen LogP contribution in [0.5, 0.6) is 5.75 Å². The molecule has 2 rings (SSSR count). The van der Waals surface area contributed by atoms with Crippen molar-refractivity contribution in [3.63, 3.8) is 0 Å². The second kappa shape index (κ2) is 9.16. The molecule has 2 aromatic carbocycles. The first-order chi connectivity index (χ1) is 11.2. The molecule has 120 valence electrons. The predicted octanol–water partition coefficient (Wildman–Crippen LogP) is 4.86. The summed E-state index contributed by atoms with van der Waals surface area (Å²) in [6.45, 7) is 2.12. The molecule has 2 aromatic rings. The number of ether oxygens (including phenoxy) is 2. The summed E-state index contributed by atoms with van der Waals surface area (Å²) >= 11 is 3.37. The fraction of sp³-hybridized carbons (Fsp3) is 0.211. The van der Waals surface area contributed by atoms with E-state index >= 15 is 0 Å². The smallest absolute Gasteiger partial charge is 0.347 e. The molecule has 0 heterocycles. The second-order valence-electron chi connectivity index (χ2n) is 4.86. The van der Waals surface area contributed by atoms with Gasteiger partial charge in [0.1, 0.15) is 5.75 Å². The molecular weight excluding hydrogens is 356 g/mol. The zero-order valence-electron chi connectivity index (χ0n) is 12.9. The lowest BCUT2D eigenvalue weighted by Crippen LogP contribution is -2.28. The molecule has 4 heteroatoms. The summed E-state index contributed by atoms with van der Waals surface area (Å²) in [4.78, 5) is 12.1. The largest absolute Gasteiger partial charge is 0.478 e. The van der Waals surface area contributed by atoms with E-state index in [1.165, 1.54) is 0 Å². The van der Waals surface area contributed by atoms with Crippen LogP contribution in [-0.2, 0) is 9.53 Å². The fourth-order valence-corrected chi connectivity index (χ4v) is 2.26. The van der Waals surface area contributed by atoms with Crippen molar-refractivity contribution in [3.8, 4) is 5.75 Å². The van der Waals surface area contributed by atoms with Gasteiger partial charge in [-0.05, 0) is 36.8 Å². The SMILES string of the molecule is CCOC(=O)C(CC=Cc1ccccc1)Oc1ccc(Br)cc1. The highest BCUT2D eigenvalue weighted by Gasteiger charge is 2.20. The molecule has 0 aromatic heterocycles. The summed E-state index contributed by atoms with van der Waals surface area (Å²) in [5.41, 5.74) is 1.08. The third-order valence-corrected chi connectivity index (χ3v) is 3.63. The van der Waals surface area contributed by atoms with Gasteiger partial charge in [0.05, 0.1) is 6.61 Å². The normalized spacial score (nSPS) is 12.1. The van der Waals surface area contributed by atoms with E-state index in [0.29, 0.717) is 18.8 Å². The van der Waals surface area contributed by atoms with Crippen molar-refractivity contribution < 1.29 is 14.3 Å². The maximum absolute atomic E-state index is 12.1. The van der Waals surface area contributed by atoms with Gasteiger partial charge < -0.3 is 9.47 Å². The number of rotatable bonds is 7. The summed E-state index contributed by atoms with van der Waals surface area (Å²) in [6, 6.07) is 17.3. The Morgan fingerprint density at radius 1 is 1.13 bits per heavy atom. The van der Waals surface area contributed by atoms with Crippen LogP contribution >= 0.6 is 15.9 Å². The van der Waals surface area contributed by atoms with Gasteiger partial charge >= 0.3 is 5.97 Å². The van der Waals surface area contributed by atoms with Gasteiger partial charge in [0.25, 0.3) is 0 Å². The maximum Gasteiger partial charge on any atom is 0.347 e. The molecule has 0 saturated carbocycles. The predicted molar refractivity (Wildman–Crippen MR) is 95.3 cm³/mol. The first-order valence-corrected chi connectivity index (χ1v) is 8.29. The van der Waals surface area contributed by atoms with E-state index in [9.17, 15) is 4.79 Å². The van der Waals surface area contributed by atoms with Crippen molar-refractivity contribution in [1.29, 1.82) is 0 Å². The van der Waals surface area contributed by atoms with E-state index in [0.717, 1.165) is 10.0 Å². The van der Waals surface area contributed by atoms with Crippen LogP contribution in [0.3, 0.4) is 0 Å². The second-order valence-corrected chi connectivity index (χ2v) is 5.78. The van der Waals surface area contributed by atoms with Crippen LogP contribution in [0.4, 0.5) is 0 Å². The van der Waals surface area contributed by atoms with Gasteiger partial charge in [-0.3, -0.25) is 0 Å². The van der Waals surface area contributed by atoms with Crippen LogP contribution in [-0.4, -0.2) is 18.7 Å². The minimum absolute atomic E-state index is 0.335. The van der Waals surface area contributed by atoms with Gasteiger partial charge in [0, 0.05) is 10.9 Å². The zero-order valence-corrected chi connectivity index (χ0v) is 14.5.